The zero-order chi connectivity index (χ0) is 21.7. The van der Waals surface area contributed by atoms with Crippen molar-refractivity contribution in [1.82, 2.24) is 0 Å². The van der Waals surface area contributed by atoms with E-state index in [4.69, 9.17) is 4.84 Å². The average Bonchev–Trinajstić information content (AvgIpc) is 3.23. The van der Waals surface area contributed by atoms with Crippen molar-refractivity contribution >= 4 is 28.9 Å². The molecule has 2 aromatic carbocycles. The second-order valence-electron chi connectivity index (χ2n) is 6.87. The summed E-state index contributed by atoms with van der Waals surface area (Å²) in [4.78, 5) is 41.8. The van der Waals surface area contributed by atoms with Crippen molar-refractivity contribution in [2.75, 3.05) is 4.90 Å². The highest BCUT2D eigenvalue weighted by molar-refractivity contribution is 6.25. The van der Waals surface area contributed by atoms with Gasteiger partial charge in [0.1, 0.15) is 0 Å². The van der Waals surface area contributed by atoms with Gasteiger partial charge in [-0.1, -0.05) is 23.4 Å². The van der Waals surface area contributed by atoms with E-state index in [0.717, 1.165) is 12.1 Å². The molecule has 4 rings (SSSR count). The number of benzene rings is 2. The van der Waals surface area contributed by atoms with Crippen molar-refractivity contribution in [3.8, 4) is 0 Å². The number of anilines is 1. The predicted molar refractivity (Wildman–Crippen MR) is 96.6 cm³/mol. The Morgan fingerprint density at radius 2 is 1.83 bits per heavy atom. The summed E-state index contributed by atoms with van der Waals surface area (Å²) in [7, 11) is 0. The predicted octanol–water partition coefficient (Wildman–Crippen LogP) is 3.44. The molecule has 1 saturated heterocycles. The quantitative estimate of drug-likeness (QED) is 0.431. The molecule has 2 aliphatic rings. The van der Waals surface area contributed by atoms with Crippen LogP contribution in [0.4, 0.5) is 24.5 Å². The van der Waals surface area contributed by atoms with E-state index in [1.54, 1.807) is 6.07 Å². The molecule has 0 saturated carbocycles. The number of imide groups is 1. The summed E-state index contributed by atoms with van der Waals surface area (Å²) in [6, 6.07) is 9.40. The Hall–Kier alpha value is -3.76. The van der Waals surface area contributed by atoms with Crippen LogP contribution >= 0.6 is 0 Å². The molecule has 2 aromatic rings. The Morgan fingerprint density at radius 1 is 1.10 bits per heavy atom. The van der Waals surface area contributed by atoms with Crippen LogP contribution < -0.4 is 4.90 Å². The summed E-state index contributed by atoms with van der Waals surface area (Å²) in [5.74, 6) is -1.56. The molecule has 30 heavy (non-hydrogen) atoms. The van der Waals surface area contributed by atoms with E-state index in [9.17, 15) is 32.9 Å². The molecule has 2 aliphatic heterocycles. The van der Waals surface area contributed by atoms with Crippen LogP contribution in [0, 0.1) is 10.1 Å². The summed E-state index contributed by atoms with van der Waals surface area (Å²) in [6.07, 6.45) is -5.19. The Bertz CT molecular complexity index is 1110. The standard InChI is InChI=1S/C19H12F3N3O5/c20-19(21,22)12-4-2-5-13(8-12)24-16(26)10-18(17(24)27)9-15(23-30-18)11-3-1-6-14(7-11)25(28)29/h1-8H,9-10H2/t18-/m1/s1. The molecule has 2 amide bonds. The molecule has 8 nitrogen and oxygen atoms in total. The van der Waals surface area contributed by atoms with E-state index in [0.29, 0.717) is 16.5 Å². The average molecular weight is 419 g/mol. The summed E-state index contributed by atoms with van der Waals surface area (Å²) < 4.78 is 39.0. The van der Waals surface area contributed by atoms with Crippen LogP contribution in [-0.4, -0.2) is 28.1 Å². The smallest absolute Gasteiger partial charge is 0.378 e. The third-order valence-corrected chi connectivity index (χ3v) is 4.88. The van der Waals surface area contributed by atoms with Gasteiger partial charge in [-0.3, -0.25) is 19.7 Å². The maximum atomic E-state index is 13.0. The van der Waals surface area contributed by atoms with E-state index in [1.165, 1.54) is 24.3 Å². The normalized spacial score (nSPS) is 21.2. The lowest BCUT2D eigenvalue weighted by Crippen LogP contribution is -2.41. The molecule has 0 unspecified atom stereocenters. The summed E-state index contributed by atoms with van der Waals surface area (Å²) >= 11 is 0. The first kappa shape index (κ1) is 19.6. The summed E-state index contributed by atoms with van der Waals surface area (Å²) in [5, 5.41) is 14.8. The van der Waals surface area contributed by atoms with Crippen molar-refractivity contribution in [3.63, 3.8) is 0 Å². The Balaban J connectivity index is 1.61. The van der Waals surface area contributed by atoms with Gasteiger partial charge in [0.05, 0.1) is 28.3 Å². The summed E-state index contributed by atoms with van der Waals surface area (Å²) in [5.41, 5.74) is -2.52. The highest BCUT2D eigenvalue weighted by Gasteiger charge is 2.58. The lowest BCUT2D eigenvalue weighted by atomic mass is 9.92. The minimum Gasteiger partial charge on any atom is -0.378 e. The molecular weight excluding hydrogens is 407 g/mol. The van der Waals surface area contributed by atoms with Gasteiger partial charge in [-0.25, -0.2) is 4.90 Å². The first-order valence-electron chi connectivity index (χ1n) is 8.65. The van der Waals surface area contributed by atoms with Crippen LogP contribution in [0.5, 0.6) is 0 Å². The van der Waals surface area contributed by atoms with Crippen molar-refractivity contribution in [2.45, 2.75) is 24.6 Å². The highest BCUT2D eigenvalue weighted by Crippen LogP contribution is 2.40. The van der Waals surface area contributed by atoms with E-state index in [-0.39, 0.29) is 23.5 Å². The number of carbonyl (C=O) groups is 2. The molecule has 11 heteroatoms. The monoisotopic (exact) mass is 419 g/mol. The van der Waals surface area contributed by atoms with E-state index < -0.39 is 40.5 Å². The Labute approximate surface area is 166 Å². The van der Waals surface area contributed by atoms with E-state index in [2.05, 4.69) is 5.16 Å². The fourth-order valence-corrected chi connectivity index (χ4v) is 3.44. The van der Waals surface area contributed by atoms with Crippen molar-refractivity contribution in [1.29, 1.82) is 0 Å². The molecule has 154 valence electrons. The van der Waals surface area contributed by atoms with Crippen LogP contribution in [-0.2, 0) is 20.6 Å². The number of hydrogen-bond donors (Lipinski definition) is 0. The van der Waals surface area contributed by atoms with Gasteiger partial charge in [-0.05, 0) is 18.2 Å². The zero-order valence-electron chi connectivity index (χ0n) is 15.0. The fourth-order valence-electron chi connectivity index (χ4n) is 3.44. The van der Waals surface area contributed by atoms with Gasteiger partial charge >= 0.3 is 6.18 Å². The van der Waals surface area contributed by atoms with Gasteiger partial charge in [0, 0.05) is 24.1 Å². The van der Waals surface area contributed by atoms with Gasteiger partial charge in [-0.15, -0.1) is 0 Å². The van der Waals surface area contributed by atoms with Crippen molar-refractivity contribution < 1.29 is 32.5 Å². The van der Waals surface area contributed by atoms with Gasteiger partial charge < -0.3 is 4.84 Å². The Kier molecular flexibility index (Phi) is 4.33. The zero-order valence-corrected chi connectivity index (χ0v) is 15.0. The maximum absolute atomic E-state index is 13.0. The van der Waals surface area contributed by atoms with Crippen molar-refractivity contribution in [2.24, 2.45) is 5.16 Å². The molecule has 0 aromatic heterocycles. The number of nitro benzene ring substituents is 1. The summed E-state index contributed by atoms with van der Waals surface area (Å²) in [6.45, 7) is 0. The molecule has 0 radical (unpaired) electrons. The van der Waals surface area contributed by atoms with Gasteiger partial charge in [-0.2, -0.15) is 13.2 Å². The molecule has 0 bridgehead atoms. The molecular formula is C19H12F3N3O5. The SMILES string of the molecule is O=C1C[C@]2(CC(c3cccc([N+](=O)[O-])c3)=NO2)C(=O)N1c1cccc(C(F)(F)F)c1. The van der Waals surface area contributed by atoms with Gasteiger partial charge in [0.25, 0.3) is 11.6 Å². The van der Waals surface area contributed by atoms with Crippen LogP contribution in [0.2, 0.25) is 0 Å². The third kappa shape index (κ3) is 3.17. The minimum absolute atomic E-state index is 0.145. The number of carbonyl (C=O) groups excluding carboxylic acids is 2. The second kappa shape index (κ2) is 6.65. The van der Waals surface area contributed by atoms with Gasteiger partial charge in [0.15, 0.2) is 0 Å². The molecule has 0 N–H and O–H groups in total. The van der Waals surface area contributed by atoms with Crippen molar-refractivity contribution in [3.05, 3.63) is 69.8 Å². The third-order valence-electron chi connectivity index (χ3n) is 4.88. The molecule has 1 fully saturated rings. The van der Waals surface area contributed by atoms with Crippen LogP contribution in [0.25, 0.3) is 0 Å². The highest BCUT2D eigenvalue weighted by atomic mass is 19.4. The molecule has 0 aliphatic carbocycles. The number of alkyl halides is 3. The number of nitrogens with zero attached hydrogens (tertiary/aromatic N) is 3. The first-order valence-corrected chi connectivity index (χ1v) is 8.65. The van der Waals surface area contributed by atoms with Gasteiger partial charge in [0.2, 0.25) is 11.5 Å². The number of amides is 2. The second-order valence-corrected chi connectivity index (χ2v) is 6.87. The van der Waals surface area contributed by atoms with E-state index in [1.807, 2.05) is 0 Å². The molecule has 1 spiro atoms. The first-order chi connectivity index (χ1) is 14.1. The lowest BCUT2D eigenvalue weighted by molar-refractivity contribution is -0.384. The van der Waals surface area contributed by atoms with Crippen LogP contribution in [0.3, 0.4) is 0 Å². The number of non-ortho nitro benzene ring substituents is 1. The van der Waals surface area contributed by atoms with Crippen LogP contribution in [0.15, 0.2) is 53.7 Å². The number of rotatable bonds is 3. The fraction of sp³-hybridized carbons (Fsp3) is 0.211. The minimum atomic E-state index is -4.64. The molecule has 2 heterocycles. The number of hydrogen-bond acceptors (Lipinski definition) is 6. The molecule has 1 atom stereocenters. The van der Waals surface area contributed by atoms with Crippen LogP contribution in [0.1, 0.15) is 24.0 Å². The number of nitro groups is 1. The number of halogens is 3. The Morgan fingerprint density at radius 3 is 2.53 bits per heavy atom. The lowest BCUT2D eigenvalue weighted by Gasteiger charge is -2.20. The maximum Gasteiger partial charge on any atom is 0.416 e. The number of oxime groups is 1. The topological polar surface area (TPSA) is 102 Å². The largest absolute Gasteiger partial charge is 0.416 e. The van der Waals surface area contributed by atoms with E-state index >= 15 is 0 Å².